The summed E-state index contributed by atoms with van der Waals surface area (Å²) in [5.41, 5.74) is 5.67. The molecular weight excluding hydrogens is 889 g/mol. The molecule has 18 atom stereocenters. The van der Waals surface area contributed by atoms with Gasteiger partial charge in [-0.25, -0.2) is 8.42 Å². The number of rotatable bonds is 8. The summed E-state index contributed by atoms with van der Waals surface area (Å²) < 4.78 is 70.4. The average Bonchev–Trinajstić information content (AvgIpc) is 3.85. The molecule has 2 N–H and O–H groups in total. The molecule has 6 bridgehead atoms. The van der Waals surface area contributed by atoms with Crippen molar-refractivity contribution < 1.29 is 46.3 Å². The van der Waals surface area contributed by atoms with Crippen LogP contribution in [-0.2, 0) is 33.5 Å². The minimum Gasteiger partial charge on any atom is -0.726 e. The van der Waals surface area contributed by atoms with Gasteiger partial charge >= 0.3 is 0 Å². The van der Waals surface area contributed by atoms with Crippen molar-refractivity contribution in [3.63, 3.8) is 0 Å². The zero-order chi connectivity index (χ0) is 49.1. The van der Waals surface area contributed by atoms with E-state index >= 15 is 0 Å². The molecule has 0 aromatic heterocycles. The predicted molar refractivity (Wildman–Crippen MR) is 262 cm³/mol. The Morgan fingerprint density at radius 1 is 0.797 bits per heavy atom. The van der Waals surface area contributed by atoms with E-state index in [0.29, 0.717) is 68.0 Å². The van der Waals surface area contributed by atoms with Crippen molar-refractivity contribution in [3.8, 4) is 0 Å². The van der Waals surface area contributed by atoms with Gasteiger partial charge < -0.3 is 33.7 Å². The summed E-state index contributed by atoms with van der Waals surface area (Å²) in [7, 11) is -4.98. The summed E-state index contributed by atoms with van der Waals surface area (Å²) in [6.07, 6.45) is 19.5. The smallest absolute Gasteiger partial charge is 0.217 e. The monoisotopic (exact) mass is 976 g/mol. The highest BCUT2D eigenvalue weighted by Crippen LogP contribution is 2.74. The lowest BCUT2D eigenvalue weighted by Crippen LogP contribution is -2.71. The first kappa shape index (κ1) is 48.8. The SMILES string of the molecule is C[C@@H]([C@H]1CC[C@H]2C3=C(CC[C@]12C)[C@]12CC[C@](O)(OC1)C(C)(C)[C@@H]2[C@@H](OS(=O)(=O)[O-])C3)[C@H]1C[C@@H]2C[C@@](C)(OC2(C)C)[C@H](CC[C@@H](C)[C@H]2CC[C@H]3C4=C(CC[C@]23C)[C@]23CC[C@](O)(OC2)C(C)(C)C3=CC4)O1. The zero-order valence-corrected chi connectivity index (χ0v) is 45.0. The van der Waals surface area contributed by atoms with Gasteiger partial charge in [-0.15, -0.1) is 0 Å². The molecule has 0 aromatic carbocycles. The Hall–Kier alpha value is -1.15. The van der Waals surface area contributed by atoms with Crippen LogP contribution in [0.25, 0.3) is 0 Å². The van der Waals surface area contributed by atoms with Crippen molar-refractivity contribution >= 4 is 10.4 Å². The van der Waals surface area contributed by atoms with E-state index in [1.165, 1.54) is 36.0 Å². The second-order valence-electron chi connectivity index (χ2n) is 28.5. The quantitative estimate of drug-likeness (QED) is 0.137. The normalized spacial score (nSPS) is 51.7. The summed E-state index contributed by atoms with van der Waals surface area (Å²) in [5, 5.41) is 23.3. The van der Waals surface area contributed by atoms with Gasteiger partial charge in [-0.3, -0.25) is 4.18 Å². The van der Waals surface area contributed by atoms with Crippen LogP contribution >= 0.6 is 0 Å². The van der Waals surface area contributed by atoms with Crippen LogP contribution in [0.15, 0.2) is 33.9 Å². The summed E-state index contributed by atoms with van der Waals surface area (Å²) >= 11 is 0. The van der Waals surface area contributed by atoms with E-state index in [2.05, 4.69) is 68.4 Å². The highest BCUT2D eigenvalue weighted by atomic mass is 32.3. The average molecular weight is 976 g/mol. The molecule has 14 aliphatic rings. The number of fused-ring (bicyclic) bond motifs is 10. The number of hydrogen-bond acceptors (Lipinski definition) is 10. The Morgan fingerprint density at radius 2 is 1.45 bits per heavy atom. The van der Waals surface area contributed by atoms with Gasteiger partial charge in [0.1, 0.15) is 0 Å². The molecule has 4 saturated carbocycles. The minimum absolute atomic E-state index is 0.00261. The topological polar surface area (TPSA) is 144 Å². The van der Waals surface area contributed by atoms with Crippen LogP contribution in [0.5, 0.6) is 0 Å². The third kappa shape index (κ3) is 6.45. The van der Waals surface area contributed by atoms with E-state index in [1.807, 2.05) is 13.8 Å². The van der Waals surface area contributed by atoms with E-state index in [9.17, 15) is 23.2 Å². The van der Waals surface area contributed by atoms with E-state index in [0.717, 1.165) is 77.0 Å². The van der Waals surface area contributed by atoms with Crippen LogP contribution in [-0.4, -0.2) is 77.5 Å². The van der Waals surface area contributed by atoms with Crippen molar-refractivity contribution in [1.29, 1.82) is 0 Å². The maximum Gasteiger partial charge on any atom is 0.217 e. The van der Waals surface area contributed by atoms with Crippen LogP contribution in [0.1, 0.15) is 192 Å². The van der Waals surface area contributed by atoms with Crippen molar-refractivity contribution in [2.45, 2.75) is 233 Å². The second kappa shape index (κ2) is 15.0. The van der Waals surface area contributed by atoms with E-state index in [1.54, 1.807) is 11.1 Å². The molecule has 0 unspecified atom stereocenters. The summed E-state index contributed by atoms with van der Waals surface area (Å²) in [6.45, 7) is 26.5. The number of hydrogen-bond donors (Lipinski definition) is 2. The zero-order valence-electron chi connectivity index (χ0n) is 44.1. The molecule has 0 amide bonds. The molecule has 0 radical (unpaired) electrons. The molecule has 14 rings (SSSR count). The molecule has 11 heteroatoms. The maximum atomic E-state index is 12.4. The van der Waals surface area contributed by atoms with Gasteiger partial charge in [0.2, 0.25) is 10.4 Å². The molecule has 6 aliphatic heterocycles. The molecule has 386 valence electrons. The van der Waals surface area contributed by atoms with E-state index in [4.69, 9.17) is 23.1 Å². The number of aliphatic hydroxyl groups is 2. The van der Waals surface area contributed by atoms with E-state index < -0.39 is 38.9 Å². The minimum atomic E-state index is -4.98. The van der Waals surface area contributed by atoms with Crippen molar-refractivity contribution in [2.75, 3.05) is 13.2 Å². The Labute approximate surface area is 414 Å². The van der Waals surface area contributed by atoms with Gasteiger partial charge in [-0.2, -0.15) is 0 Å². The molecule has 2 spiro atoms. The summed E-state index contributed by atoms with van der Waals surface area (Å²) in [5.74, 6) is 0.529. The molecule has 6 saturated heterocycles. The Bertz CT molecular complexity index is 2360. The van der Waals surface area contributed by atoms with Crippen LogP contribution in [0.3, 0.4) is 0 Å². The molecule has 6 heterocycles. The molecular formula is C58H87O10S-. The van der Waals surface area contributed by atoms with Gasteiger partial charge in [0, 0.05) is 40.4 Å². The standard InChI is InChI=1S/C58H88O10S/c1-33(38-14-16-40-36-13-18-46-49(3,4)57(59)26-24-55(46,31-64-57)42(36)20-22-52(38,40)9)12-19-47-54(11)30-35(51(7,8)68-54)28-44(66-47)34(2)39-15-17-41-37-29-45(67-69(61,62)63)48-50(5,6)58(60)27-25-56(48,32-65-58)43(37)21-23-53(39,41)10/h18,33-35,38-41,44-45,47-48,59-60H,12-17,19-32H2,1-11H3,(H,61,62,63)/p-1/t33-,34+,35-,38-,39-,40+,41+,44-,45+,47+,48+,52-,53-,54-,55+,56+,57+,58+/m1/s1. The highest BCUT2D eigenvalue weighted by molar-refractivity contribution is 7.80. The van der Waals surface area contributed by atoms with Gasteiger partial charge in [0.25, 0.3) is 0 Å². The first-order valence-corrected chi connectivity index (χ1v) is 29.3. The first-order valence-electron chi connectivity index (χ1n) is 28.0. The molecule has 8 aliphatic carbocycles. The van der Waals surface area contributed by atoms with Crippen LogP contribution in [0.2, 0.25) is 0 Å². The largest absolute Gasteiger partial charge is 0.726 e. The summed E-state index contributed by atoms with van der Waals surface area (Å²) in [4.78, 5) is 0. The predicted octanol–water partition coefficient (Wildman–Crippen LogP) is 11.3. The Balaban J connectivity index is 0.778. The van der Waals surface area contributed by atoms with Crippen molar-refractivity contribution in [2.24, 2.45) is 79.8 Å². The van der Waals surface area contributed by atoms with Gasteiger partial charge in [-0.05, 0) is 176 Å². The van der Waals surface area contributed by atoms with Gasteiger partial charge in [0.15, 0.2) is 11.6 Å². The van der Waals surface area contributed by atoms with Crippen LogP contribution in [0, 0.1) is 79.8 Å². The Morgan fingerprint density at radius 3 is 2.12 bits per heavy atom. The maximum absolute atomic E-state index is 12.4. The molecule has 0 aromatic rings. The number of allylic oxidation sites excluding steroid dienone is 2. The van der Waals surface area contributed by atoms with Crippen molar-refractivity contribution in [3.05, 3.63) is 33.9 Å². The molecule has 69 heavy (non-hydrogen) atoms. The third-order valence-electron chi connectivity index (χ3n) is 24.9. The lowest BCUT2D eigenvalue weighted by molar-refractivity contribution is -0.375. The van der Waals surface area contributed by atoms with E-state index in [-0.39, 0.29) is 56.9 Å². The third-order valence-corrected chi connectivity index (χ3v) is 25.4. The first-order chi connectivity index (χ1) is 32.1. The van der Waals surface area contributed by atoms with Gasteiger partial charge in [-0.1, -0.05) is 89.3 Å². The fraction of sp³-hybridized carbons (Fsp3) is 0.897. The fourth-order valence-corrected chi connectivity index (χ4v) is 21.8. The lowest BCUT2D eigenvalue weighted by atomic mass is 9.42. The van der Waals surface area contributed by atoms with Crippen LogP contribution in [0.4, 0.5) is 0 Å². The Kier molecular flexibility index (Phi) is 10.6. The van der Waals surface area contributed by atoms with Gasteiger partial charge in [0.05, 0.1) is 42.7 Å². The molecule has 10 nitrogen and oxygen atoms in total. The fourth-order valence-electron chi connectivity index (χ4n) is 21.3. The second-order valence-corrected chi connectivity index (χ2v) is 29.5. The number of ether oxygens (including phenoxy) is 4. The van der Waals surface area contributed by atoms with Crippen molar-refractivity contribution in [1.82, 2.24) is 0 Å². The molecule has 10 fully saturated rings. The highest BCUT2D eigenvalue weighted by Gasteiger charge is 2.72. The van der Waals surface area contributed by atoms with Crippen LogP contribution < -0.4 is 0 Å². The summed E-state index contributed by atoms with van der Waals surface area (Å²) in [6, 6.07) is 0. The lowest BCUT2D eigenvalue weighted by Gasteiger charge is -2.68.